The summed E-state index contributed by atoms with van der Waals surface area (Å²) in [5, 5.41) is 11.7. The topological polar surface area (TPSA) is 82.1 Å². The predicted octanol–water partition coefficient (Wildman–Crippen LogP) is 4.95. The van der Waals surface area contributed by atoms with Gasteiger partial charge in [-0.05, 0) is 79.3 Å². The second-order valence-electron chi connectivity index (χ2n) is 11.6. The van der Waals surface area contributed by atoms with Crippen LogP contribution in [0.3, 0.4) is 0 Å². The molecule has 3 saturated carbocycles. The average Bonchev–Trinajstić information content (AvgIpc) is 3.16. The van der Waals surface area contributed by atoms with E-state index in [1.54, 1.807) is 7.11 Å². The number of esters is 2. The summed E-state index contributed by atoms with van der Waals surface area (Å²) in [6, 6.07) is 0. The second kappa shape index (κ2) is 9.33. The van der Waals surface area contributed by atoms with Gasteiger partial charge in [0.25, 0.3) is 0 Å². The zero-order valence-electron chi connectivity index (χ0n) is 21.7. The van der Waals surface area contributed by atoms with Crippen LogP contribution in [-0.2, 0) is 23.8 Å². The summed E-state index contributed by atoms with van der Waals surface area (Å²) < 4.78 is 16.4. The van der Waals surface area contributed by atoms with Crippen LogP contribution in [-0.4, -0.2) is 43.5 Å². The summed E-state index contributed by atoms with van der Waals surface area (Å²) in [6.07, 6.45) is 8.31. The molecule has 34 heavy (non-hydrogen) atoms. The Morgan fingerprint density at radius 2 is 1.91 bits per heavy atom. The van der Waals surface area contributed by atoms with E-state index in [0.29, 0.717) is 30.6 Å². The average molecular weight is 475 g/mol. The molecule has 0 amide bonds. The van der Waals surface area contributed by atoms with E-state index in [9.17, 15) is 14.7 Å². The van der Waals surface area contributed by atoms with Gasteiger partial charge in [0.1, 0.15) is 11.9 Å². The SMILES string of the molecule is COC(=O)CC[C@@H](C)C1CCC2C3=CC(OC)=C4C[C@@H](OC(C)=O)CC[C@]4(C)[C@H]3C[C@H](O)C21C. The van der Waals surface area contributed by atoms with Crippen molar-refractivity contribution in [3.8, 4) is 0 Å². The van der Waals surface area contributed by atoms with E-state index < -0.39 is 0 Å². The molecule has 8 atom stereocenters. The number of ether oxygens (including phenoxy) is 3. The first-order valence-corrected chi connectivity index (χ1v) is 13.0. The van der Waals surface area contributed by atoms with E-state index in [2.05, 4.69) is 26.8 Å². The van der Waals surface area contributed by atoms with Crippen molar-refractivity contribution >= 4 is 11.9 Å². The Labute approximate surface area is 204 Å². The highest BCUT2D eigenvalue weighted by Crippen LogP contribution is 2.66. The highest BCUT2D eigenvalue weighted by molar-refractivity contribution is 5.69. The van der Waals surface area contributed by atoms with Crippen molar-refractivity contribution in [1.82, 2.24) is 0 Å². The van der Waals surface area contributed by atoms with Crippen LogP contribution in [0.1, 0.15) is 79.1 Å². The van der Waals surface area contributed by atoms with Crippen LogP contribution in [0.15, 0.2) is 23.0 Å². The summed E-state index contributed by atoms with van der Waals surface area (Å²) in [5.41, 5.74) is 2.37. The van der Waals surface area contributed by atoms with Crippen LogP contribution in [0.4, 0.5) is 0 Å². The molecule has 4 aliphatic rings. The maximum atomic E-state index is 11.7. The molecule has 0 heterocycles. The van der Waals surface area contributed by atoms with Crippen LogP contribution >= 0.6 is 0 Å². The molecule has 0 aromatic carbocycles. The first-order chi connectivity index (χ1) is 16.1. The summed E-state index contributed by atoms with van der Waals surface area (Å²) in [5.74, 6) is 1.81. The van der Waals surface area contributed by atoms with E-state index in [1.165, 1.54) is 25.2 Å². The molecule has 6 heteroatoms. The second-order valence-corrected chi connectivity index (χ2v) is 11.6. The number of aliphatic hydroxyl groups excluding tert-OH is 1. The Morgan fingerprint density at radius 3 is 2.56 bits per heavy atom. The Hall–Kier alpha value is -1.82. The Balaban J connectivity index is 1.65. The Morgan fingerprint density at radius 1 is 1.18 bits per heavy atom. The number of rotatable bonds is 6. The van der Waals surface area contributed by atoms with Gasteiger partial charge < -0.3 is 19.3 Å². The van der Waals surface area contributed by atoms with Gasteiger partial charge in [0, 0.05) is 25.2 Å². The molecule has 0 aromatic heterocycles. The molecule has 3 fully saturated rings. The number of allylic oxidation sites excluding steroid dienone is 2. The minimum atomic E-state index is -0.388. The number of carbonyl (C=O) groups is 2. The van der Waals surface area contributed by atoms with E-state index in [-0.39, 0.29) is 40.9 Å². The third kappa shape index (κ3) is 4.00. The highest BCUT2D eigenvalue weighted by atomic mass is 16.5. The Kier molecular flexibility index (Phi) is 6.93. The quantitative estimate of drug-likeness (QED) is 0.549. The monoisotopic (exact) mass is 474 g/mol. The van der Waals surface area contributed by atoms with Gasteiger partial charge in [-0.25, -0.2) is 0 Å². The lowest BCUT2D eigenvalue weighted by Crippen LogP contribution is -2.53. The van der Waals surface area contributed by atoms with Crippen molar-refractivity contribution in [1.29, 1.82) is 0 Å². The van der Waals surface area contributed by atoms with Gasteiger partial charge in [-0.3, -0.25) is 9.59 Å². The van der Waals surface area contributed by atoms with E-state index >= 15 is 0 Å². The first-order valence-electron chi connectivity index (χ1n) is 13.0. The molecule has 190 valence electrons. The normalized spacial score (nSPS) is 39.9. The van der Waals surface area contributed by atoms with Crippen molar-refractivity contribution in [2.24, 2.45) is 34.5 Å². The number of methoxy groups -OCH3 is 2. The summed E-state index contributed by atoms with van der Waals surface area (Å²) >= 11 is 0. The number of carbonyl (C=O) groups excluding carboxylic acids is 2. The lowest BCUT2D eigenvalue weighted by atomic mass is 9.48. The summed E-state index contributed by atoms with van der Waals surface area (Å²) in [4.78, 5) is 23.3. The fourth-order valence-electron chi connectivity index (χ4n) is 8.16. The molecule has 0 saturated heterocycles. The lowest BCUT2D eigenvalue weighted by molar-refractivity contribution is -0.148. The van der Waals surface area contributed by atoms with Crippen LogP contribution in [0.2, 0.25) is 0 Å². The van der Waals surface area contributed by atoms with Crippen molar-refractivity contribution in [3.63, 3.8) is 0 Å². The minimum absolute atomic E-state index is 0.0943. The molecule has 6 nitrogen and oxygen atoms in total. The number of hydrogen-bond donors (Lipinski definition) is 1. The van der Waals surface area contributed by atoms with Crippen LogP contribution in [0.25, 0.3) is 0 Å². The third-order valence-corrected chi connectivity index (χ3v) is 10.0. The molecule has 4 aliphatic carbocycles. The maximum Gasteiger partial charge on any atom is 0.305 e. The van der Waals surface area contributed by atoms with Crippen LogP contribution < -0.4 is 0 Å². The molecule has 0 spiro atoms. The smallest absolute Gasteiger partial charge is 0.305 e. The number of hydrogen-bond acceptors (Lipinski definition) is 6. The van der Waals surface area contributed by atoms with Crippen molar-refractivity contribution in [3.05, 3.63) is 23.0 Å². The van der Waals surface area contributed by atoms with E-state index in [4.69, 9.17) is 14.2 Å². The molecule has 0 radical (unpaired) electrons. The van der Waals surface area contributed by atoms with Crippen LogP contribution in [0, 0.1) is 34.5 Å². The zero-order valence-corrected chi connectivity index (χ0v) is 21.7. The van der Waals surface area contributed by atoms with Gasteiger partial charge in [-0.15, -0.1) is 0 Å². The maximum absolute atomic E-state index is 11.7. The molecule has 0 bridgehead atoms. The molecule has 1 N–H and O–H groups in total. The van der Waals surface area contributed by atoms with Gasteiger partial charge in [-0.1, -0.05) is 26.3 Å². The van der Waals surface area contributed by atoms with Crippen molar-refractivity contribution in [2.45, 2.75) is 91.3 Å². The molecule has 0 aromatic rings. The molecule has 4 rings (SSSR count). The fourth-order valence-corrected chi connectivity index (χ4v) is 8.16. The molecular formula is C28H42O6. The highest BCUT2D eigenvalue weighted by Gasteiger charge is 2.61. The standard InChI is InChI=1S/C28H42O6/c1-16(7-10-26(31)33-6)20-8-9-21-19-14-24(32-5)23-13-18(34-17(2)29)11-12-27(23,3)22(19)15-25(30)28(20,21)4/h14,16,18,20-22,25,30H,7-13,15H2,1-6H3/t16-,18+,20?,21?,22+,25+,27-,28?/m1/s1. The van der Waals surface area contributed by atoms with Gasteiger partial charge in [0.05, 0.1) is 20.3 Å². The van der Waals surface area contributed by atoms with Crippen molar-refractivity contribution < 1.29 is 28.9 Å². The summed E-state index contributed by atoms with van der Waals surface area (Å²) in [7, 11) is 3.18. The molecule has 3 unspecified atom stereocenters. The van der Waals surface area contributed by atoms with Gasteiger partial charge >= 0.3 is 11.9 Å². The Bertz CT molecular complexity index is 889. The van der Waals surface area contributed by atoms with Gasteiger partial charge in [0.15, 0.2) is 0 Å². The minimum Gasteiger partial charge on any atom is -0.497 e. The lowest BCUT2D eigenvalue weighted by Gasteiger charge is -2.57. The number of aliphatic hydroxyl groups is 1. The predicted molar refractivity (Wildman–Crippen MR) is 128 cm³/mol. The van der Waals surface area contributed by atoms with Crippen molar-refractivity contribution in [2.75, 3.05) is 14.2 Å². The van der Waals surface area contributed by atoms with Gasteiger partial charge in [-0.2, -0.15) is 0 Å². The largest absolute Gasteiger partial charge is 0.497 e. The number of fused-ring (bicyclic) bond motifs is 5. The van der Waals surface area contributed by atoms with E-state index in [1.807, 2.05) is 0 Å². The molecule has 0 aliphatic heterocycles. The van der Waals surface area contributed by atoms with Gasteiger partial charge in [0.2, 0.25) is 0 Å². The zero-order chi connectivity index (χ0) is 24.8. The van der Waals surface area contributed by atoms with E-state index in [0.717, 1.165) is 44.3 Å². The third-order valence-electron chi connectivity index (χ3n) is 10.0. The summed E-state index contributed by atoms with van der Waals surface area (Å²) in [6.45, 7) is 8.30. The fraction of sp³-hybridized carbons (Fsp3) is 0.786. The van der Waals surface area contributed by atoms with Crippen LogP contribution in [0.5, 0.6) is 0 Å². The molecular weight excluding hydrogens is 432 g/mol. The first kappa shape index (κ1) is 25.3.